The molecule has 4 heteroatoms. The smallest absolute Gasteiger partial charge is 0.313 e. The number of aliphatic carboxylic acids is 1. The molecule has 0 aromatic heterocycles. The molecule has 3 atom stereocenters. The molecule has 4 nitrogen and oxygen atoms in total. The number of unbranched alkanes of at least 4 members (excludes halogenated alkanes) is 4. The van der Waals surface area contributed by atoms with Crippen molar-refractivity contribution in [3.63, 3.8) is 0 Å². The average molecular weight is 455 g/mol. The lowest BCUT2D eigenvalue weighted by atomic mass is 9.78. The van der Waals surface area contributed by atoms with Crippen LogP contribution >= 0.6 is 0 Å². The predicted molar refractivity (Wildman–Crippen MR) is 134 cm³/mol. The van der Waals surface area contributed by atoms with Crippen molar-refractivity contribution in [3.8, 4) is 0 Å². The van der Waals surface area contributed by atoms with Crippen molar-refractivity contribution in [1.29, 1.82) is 0 Å². The minimum Gasteiger partial charge on any atom is -0.481 e. The van der Waals surface area contributed by atoms with Crippen LogP contribution in [0.15, 0.2) is 60.7 Å². The molecule has 0 amide bonds. The number of carboxylic acid groups (broad SMARTS) is 1. The fourth-order valence-corrected chi connectivity index (χ4v) is 4.59. The number of benzene rings is 2. The molecule has 0 heterocycles. The van der Waals surface area contributed by atoms with Gasteiger partial charge >= 0.3 is 5.97 Å². The van der Waals surface area contributed by atoms with Gasteiger partial charge in [0.15, 0.2) is 0 Å². The molecule has 0 aliphatic heterocycles. The molecule has 182 valence electrons. The zero-order valence-electron chi connectivity index (χ0n) is 20.4. The van der Waals surface area contributed by atoms with Crippen molar-refractivity contribution in [2.45, 2.75) is 95.0 Å². The summed E-state index contributed by atoms with van der Waals surface area (Å²) in [4.78, 5) is 11.9. The Morgan fingerprint density at radius 3 is 1.73 bits per heavy atom. The van der Waals surface area contributed by atoms with Gasteiger partial charge in [0, 0.05) is 5.41 Å². The van der Waals surface area contributed by atoms with E-state index in [-0.39, 0.29) is 18.1 Å². The molecule has 33 heavy (non-hydrogen) atoms. The topological polar surface area (TPSA) is 77.8 Å². The van der Waals surface area contributed by atoms with Crippen molar-refractivity contribution in [3.05, 3.63) is 71.8 Å². The van der Waals surface area contributed by atoms with Crippen LogP contribution in [0.4, 0.5) is 0 Å². The third kappa shape index (κ3) is 8.28. The van der Waals surface area contributed by atoms with Crippen molar-refractivity contribution >= 4 is 5.97 Å². The lowest BCUT2D eigenvalue weighted by Crippen LogP contribution is -2.32. The first kappa shape index (κ1) is 27.1. The zero-order valence-corrected chi connectivity index (χ0v) is 20.4. The fraction of sp³-hybridized carbons (Fsp3) is 0.552. The molecule has 0 aliphatic carbocycles. The second-order valence-corrected chi connectivity index (χ2v) is 9.94. The molecular formula is C29H42O4. The van der Waals surface area contributed by atoms with E-state index in [2.05, 4.69) is 19.1 Å². The first-order valence-corrected chi connectivity index (χ1v) is 12.5. The van der Waals surface area contributed by atoms with E-state index >= 15 is 0 Å². The number of carboxylic acids is 1. The van der Waals surface area contributed by atoms with Gasteiger partial charge in [0.25, 0.3) is 0 Å². The first-order valence-electron chi connectivity index (χ1n) is 12.5. The van der Waals surface area contributed by atoms with E-state index in [1.165, 1.54) is 5.56 Å². The third-order valence-corrected chi connectivity index (χ3v) is 7.18. The molecule has 0 bridgehead atoms. The number of rotatable bonds is 16. The maximum atomic E-state index is 11.9. The van der Waals surface area contributed by atoms with Crippen LogP contribution in [0, 0.1) is 0 Å². The predicted octanol–water partition coefficient (Wildman–Crippen LogP) is 6.24. The van der Waals surface area contributed by atoms with Gasteiger partial charge in [-0.05, 0) is 43.7 Å². The van der Waals surface area contributed by atoms with Gasteiger partial charge in [-0.15, -0.1) is 0 Å². The molecule has 2 rings (SSSR count). The largest absolute Gasteiger partial charge is 0.481 e. The second kappa shape index (κ2) is 13.5. The van der Waals surface area contributed by atoms with E-state index in [4.69, 9.17) is 0 Å². The quantitative estimate of drug-likeness (QED) is 0.262. The van der Waals surface area contributed by atoms with Gasteiger partial charge in [0.05, 0.1) is 18.1 Å². The van der Waals surface area contributed by atoms with Crippen LogP contribution in [0.5, 0.6) is 0 Å². The fourth-order valence-electron chi connectivity index (χ4n) is 4.59. The Hall–Kier alpha value is -2.17. The van der Waals surface area contributed by atoms with E-state index < -0.39 is 11.4 Å². The SMILES string of the molecule is CC(CO)(CCCCC[C@H](O)CCCCCC(C)(C(=O)O)c1ccccc1)c1ccccc1. The summed E-state index contributed by atoms with van der Waals surface area (Å²) in [5, 5.41) is 30.0. The lowest BCUT2D eigenvalue weighted by molar-refractivity contribution is -0.143. The summed E-state index contributed by atoms with van der Waals surface area (Å²) in [6, 6.07) is 19.7. The maximum Gasteiger partial charge on any atom is 0.313 e. The van der Waals surface area contributed by atoms with Crippen molar-refractivity contribution in [1.82, 2.24) is 0 Å². The molecule has 0 saturated heterocycles. The van der Waals surface area contributed by atoms with Crippen LogP contribution in [-0.2, 0) is 15.6 Å². The molecule has 2 aromatic rings. The number of hydrogen-bond donors (Lipinski definition) is 3. The molecule has 0 saturated carbocycles. The van der Waals surface area contributed by atoms with Gasteiger partial charge in [0.1, 0.15) is 0 Å². The normalized spacial score (nSPS) is 16.0. The van der Waals surface area contributed by atoms with Crippen molar-refractivity contribution in [2.75, 3.05) is 6.61 Å². The van der Waals surface area contributed by atoms with Crippen molar-refractivity contribution in [2.24, 2.45) is 0 Å². The Kier molecular flexibility index (Phi) is 11.1. The van der Waals surface area contributed by atoms with E-state index in [0.29, 0.717) is 6.42 Å². The summed E-state index contributed by atoms with van der Waals surface area (Å²) in [5.74, 6) is -0.779. The minimum absolute atomic E-state index is 0.144. The minimum atomic E-state index is -0.858. The van der Waals surface area contributed by atoms with E-state index in [1.807, 2.05) is 48.5 Å². The standard InChI is InChI=1S/C29H42O4/c1-28(23-30,24-15-7-3-8-16-24)21-13-5-11-19-26(31)20-12-6-14-22-29(2,27(32)33)25-17-9-4-10-18-25/h3-4,7-10,15-18,26,30-31H,5-6,11-14,19-23H2,1-2H3,(H,32,33)/t26-,28?,29?/m0/s1. The van der Waals surface area contributed by atoms with Crippen LogP contribution in [0.1, 0.15) is 89.2 Å². The Balaban J connectivity index is 1.61. The van der Waals surface area contributed by atoms with Gasteiger partial charge in [-0.2, -0.15) is 0 Å². The summed E-state index contributed by atoms with van der Waals surface area (Å²) >= 11 is 0. The summed E-state index contributed by atoms with van der Waals surface area (Å²) in [6.07, 6.45) is 8.59. The molecule has 0 radical (unpaired) electrons. The number of aliphatic hydroxyl groups is 2. The van der Waals surface area contributed by atoms with Gasteiger partial charge in [-0.3, -0.25) is 4.79 Å². The van der Waals surface area contributed by atoms with Crippen LogP contribution in [0.3, 0.4) is 0 Å². The number of aliphatic hydroxyl groups excluding tert-OH is 2. The molecular weight excluding hydrogens is 412 g/mol. The summed E-state index contributed by atoms with van der Waals surface area (Å²) < 4.78 is 0. The van der Waals surface area contributed by atoms with Crippen LogP contribution < -0.4 is 0 Å². The van der Waals surface area contributed by atoms with Gasteiger partial charge in [-0.1, -0.05) is 106 Å². The highest BCUT2D eigenvalue weighted by Crippen LogP contribution is 2.31. The van der Waals surface area contributed by atoms with E-state index in [1.54, 1.807) is 6.92 Å². The number of carbonyl (C=O) groups is 1. The highest BCUT2D eigenvalue weighted by molar-refractivity contribution is 5.80. The van der Waals surface area contributed by atoms with E-state index in [0.717, 1.165) is 63.4 Å². The highest BCUT2D eigenvalue weighted by atomic mass is 16.4. The Bertz CT molecular complexity index is 807. The van der Waals surface area contributed by atoms with Crippen LogP contribution in [0.2, 0.25) is 0 Å². The lowest BCUT2D eigenvalue weighted by Gasteiger charge is -2.28. The second-order valence-electron chi connectivity index (χ2n) is 9.94. The van der Waals surface area contributed by atoms with E-state index in [9.17, 15) is 20.1 Å². The Morgan fingerprint density at radius 2 is 1.24 bits per heavy atom. The molecule has 2 aromatic carbocycles. The molecule has 0 fully saturated rings. The Morgan fingerprint density at radius 1 is 0.758 bits per heavy atom. The Labute approximate surface area is 199 Å². The van der Waals surface area contributed by atoms with Gasteiger partial charge in [0.2, 0.25) is 0 Å². The maximum absolute atomic E-state index is 11.9. The van der Waals surface area contributed by atoms with Gasteiger partial charge < -0.3 is 15.3 Å². The summed E-state index contributed by atoms with van der Waals surface area (Å²) in [5.41, 5.74) is 0.966. The van der Waals surface area contributed by atoms with Crippen LogP contribution in [-0.4, -0.2) is 34.0 Å². The monoisotopic (exact) mass is 454 g/mol. The average Bonchev–Trinajstić information content (AvgIpc) is 2.84. The first-order chi connectivity index (χ1) is 15.8. The van der Waals surface area contributed by atoms with Crippen molar-refractivity contribution < 1.29 is 20.1 Å². The molecule has 0 spiro atoms. The van der Waals surface area contributed by atoms with Gasteiger partial charge in [-0.25, -0.2) is 0 Å². The zero-order chi connectivity index (χ0) is 24.2. The molecule has 2 unspecified atom stereocenters. The summed E-state index contributed by atoms with van der Waals surface area (Å²) in [7, 11) is 0. The highest BCUT2D eigenvalue weighted by Gasteiger charge is 2.34. The van der Waals surface area contributed by atoms with Crippen LogP contribution in [0.25, 0.3) is 0 Å². The molecule has 3 N–H and O–H groups in total. The number of hydrogen-bond acceptors (Lipinski definition) is 3. The molecule has 0 aliphatic rings. The summed E-state index contributed by atoms with van der Waals surface area (Å²) in [6.45, 7) is 4.06. The third-order valence-electron chi connectivity index (χ3n) is 7.18.